The van der Waals surface area contributed by atoms with Crippen LogP contribution in [0.2, 0.25) is 0 Å². The standard InChI is InChI=1S/C19H21FN4O2S/c1-3-4-10-24(18(26)14-7-5-6-8-15(14)20)19-22-21-17(27-19)13-9-11-23(2)16(25)12-13/h5-9,11-12,14-15H,3-4,10H2,1-2H3. The number of rotatable bonds is 6. The minimum absolute atomic E-state index is 0.150. The van der Waals surface area contributed by atoms with Gasteiger partial charge < -0.3 is 4.57 Å². The van der Waals surface area contributed by atoms with E-state index < -0.39 is 12.1 Å². The second-order valence-corrected chi connectivity index (χ2v) is 7.29. The largest absolute Gasteiger partial charge is 0.319 e. The molecule has 0 fully saturated rings. The molecule has 2 aromatic rings. The van der Waals surface area contributed by atoms with Crippen molar-refractivity contribution in [3.8, 4) is 10.6 Å². The van der Waals surface area contributed by atoms with Crippen LogP contribution in [0.25, 0.3) is 10.6 Å². The van der Waals surface area contributed by atoms with E-state index in [2.05, 4.69) is 10.2 Å². The van der Waals surface area contributed by atoms with Crippen LogP contribution in [0, 0.1) is 5.92 Å². The molecule has 0 aliphatic heterocycles. The lowest BCUT2D eigenvalue weighted by Crippen LogP contribution is -2.40. The molecule has 2 heterocycles. The number of amides is 1. The molecule has 2 atom stereocenters. The number of allylic oxidation sites excluding steroid dienone is 3. The highest BCUT2D eigenvalue weighted by molar-refractivity contribution is 7.18. The molecule has 0 saturated carbocycles. The average Bonchev–Trinajstić information content (AvgIpc) is 3.14. The van der Waals surface area contributed by atoms with Gasteiger partial charge in [-0.2, -0.15) is 0 Å². The van der Waals surface area contributed by atoms with Gasteiger partial charge in [0.1, 0.15) is 11.2 Å². The summed E-state index contributed by atoms with van der Waals surface area (Å²) in [6, 6.07) is 3.25. The fourth-order valence-electron chi connectivity index (χ4n) is 2.72. The number of aromatic nitrogens is 3. The van der Waals surface area contributed by atoms with Crippen LogP contribution in [0.1, 0.15) is 19.8 Å². The molecule has 1 aliphatic rings. The van der Waals surface area contributed by atoms with Gasteiger partial charge in [0, 0.05) is 31.4 Å². The van der Waals surface area contributed by atoms with E-state index >= 15 is 0 Å². The monoisotopic (exact) mass is 388 g/mol. The first kappa shape index (κ1) is 19.2. The third kappa shape index (κ3) is 4.21. The Kier molecular flexibility index (Phi) is 5.95. The van der Waals surface area contributed by atoms with Crippen LogP contribution in [0.15, 0.2) is 47.4 Å². The molecule has 3 rings (SSSR count). The highest BCUT2D eigenvalue weighted by Gasteiger charge is 2.31. The van der Waals surface area contributed by atoms with Crippen molar-refractivity contribution in [1.29, 1.82) is 0 Å². The van der Waals surface area contributed by atoms with Crippen molar-refractivity contribution in [3.05, 3.63) is 53.0 Å². The molecule has 0 aromatic carbocycles. The summed E-state index contributed by atoms with van der Waals surface area (Å²) in [7, 11) is 1.67. The van der Waals surface area contributed by atoms with Crippen molar-refractivity contribution in [1.82, 2.24) is 14.8 Å². The molecule has 8 heteroatoms. The number of carbonyl (C=O) groups is 1. The van der Waals surface area contributed by atoms with Gasteiger partial charge >= 0.3 is 0 Å². The quantitative estimate of drug-likeness (QED) is 0.763. The lowest BCUT2D eigenvalue weighted by atomic mass is 9.97. The maximum Gasteiger partial charge on any atom is 0.250 e. The molecule has 0 radical (unpaired) electrons. The van der Waals surface area contributed by atoms with Gasteiger partial charge in [-0.1, -0.05) is 42.9 Å². The van der Waals surface area contributed by atoms with Crippen LogP contribution in [0.3, 0.4) is 0 Å². The van der Waals surface area contributed by atoms with E-state index in [9.17, 15) is 14.0 Å². The molecule has 0 saturated heterocycles. The van der Waals surface area contributed by atoms with Gasteiger partial charge in [0.15, 0.2) is 0 Å². The van der Waals surface area contributed by atoms with Gasteiger partial charge in [0.25, 0.3) is 5.56 Å². The topological polar surface area (TPSA) is 68.1 Å². The first-order valence-corrected chi connectivity index (χ1v) is 9.64. The second-order valence-electron chi connectivity index (χ2n) is 6.34. The van der Waals surface area contributed by atoms with Gasteiger partial charge in [0.05, 0.1) is 5.92 Å². The normalized spacial score (nSPS) is 18.6. The SMILES string of the molecule is CCCCN(C(=O)C1C=CC=CC1F)c1nnc(-c2ccn(C)c(=O)c2)s1. The number of alkyl halides is 1. The van der Waals surface area contributed by atoms with Crippen molar-refractivity contribution in [3.63, 3.8) is 0 Å². The number of anilines is 1. The summed E-state index contributed by atoms with van der Waals surface area (Å²) in [6.07, 6.45) is 8.22. The van der Waals surface area contributed by atoms with Crippen LogP contribution in [0.4, 0.5) is 9.52 Å². The fourth-order valence-corrected chi connectivity index (χ4v) is 3.59. The predicted molar refractivity (Wildman–Crippen MR) is 105 cm³/mol. The van der Waals surface area contributed by atoms with Crippen molar-refractivity contribution in [2.75, 3.05) is 11.4 Å². The summed E-state index contributed by atoms with van der Waals surface area (Å²) in [6.45, 7) is 2.47. The van der Waals surface area contributed by atoms with Crippen LogP contribution in [-0.2, 0) is 11.8 Å². The molecule has 1 amide bonds. The zero-order chi connectivity index (χ0) is 19.4. The Morgan fingerprint density at radius 1 is 1.33 bits per heavy atom. The lowest BCUT2D eigenvalue weighted by molar-refractivity contribution is -0.122. The Balaban J connectivity index is 1.89. The smallest absolute Gasteiger partial charge is 0.250 e. The number of pyridine rings is 1. The van der Waals surface area contributed by atoms with Crippen molar-refractivity contribution in [2.45, 2.75) is 25.9 Å². The minimum Gasteiger partial charge on any atom is -0.319 e. The first-order valence-electron chi connectivity index (χ1n) is 8.82. The van der Waals surface area contributed by atoms with Gasteiger partial charge in [0.2, 0.25) is 11.0 Å². The Morgan fingerprint density at radius 2 is 2.11 bits per heavy atom. The van der Waals surface area contributed by atoms with E-state index in [1.807, 2.05) is 6.92 Å². The molecule has 0 N–H and O–H groups in total. The summed E-state index contributed by atoms with van der Waals surface area (Å²) in [5, 5.41) is 9.24. The lowest BCUT2D eigenvalue weighted by Gasteiger charge is -2.25. The predicted octanol–water partition coefficient (Wildman–Crippen LogP) is 3.12. The molecule has 0 bridgehead atoms. The summed E-state index contributed by atoms with van der Waals surface area (Å²) in [5.74, 6) is -1.19. The summed E-state index contributed by atoms with van der Waals surface area (Å²) >= 11 is 1.22. The van der Waals surface area contributed by atoms with Gasteiger partial charge in [-0.25, -0.2) is 4.39 Å². The van der Waals surface area contributed by atoms with Crippen LogP contribution in [0.5, 0.6) is 0 Å². The van der Waals surface area contributed by atoms with Gasteiger partial charge in [-0.15, -0.1) is 10.2 Å². The van der Waals surface area contributed by atoms with E-state index in [1.54, 1.807) is 37.5 Å². The number of unbranched alkanes of at least 4 members (excludes halogenated alkanes) is 1. The summed E-state index contributed by atoms with van der Waals surface area (Å²) in [5.41, 5.74) is 0.496. The summed E-state index contributed by atoms with van der Waals surface area (Å²) < 4.78 is 15.7. The highest BCUT2D eigenvalue weighted by Crippen LogP contribution is 2.30. The molecular weight excluding hydrogens is 367 g/mol. The second kappa shape index (κ2) is 8.39. The zero-order valence-electron chi connectivity index (χ0n) is 15.2. The molecule has 27 heavy (non-hydrogen) atoms. The maximum atomic E-state index is 14.2. The third-order valence-electron chi connectivity index (χ3n) is 4.35. The van der Waals surface area contributed by atoms with E-state index in [4.69, 9.17) is 0 Å². The fraction of sp³-hybridized carbons (Fsp3) is 0.368. The molecule has 1 aliphatic carbocycles. The van der Waals surface area contributed by atoms with Gasteiger partial charge in [-0.3, -0.25) is 14.5 Å². The van der Waals surface area contributed by atoms with Crippen LogP contribution in [-0.4, -0.2) is 33.4 Å². The molecule has 142 valence electrons. The Hall–Kier alpha value is -2.61. The van der Waals surface area contributed by atoms with Crippen molar-refractivity contribution >= 4 is 22.4 Å². The minimum atomic E-state index is -1.35. The zero-order valence-corrected chi connectivity index (χ0v) is 16.0. The molecule has 2 unspecified atom stereocenters. The molecule has 0 spiro atoms. The number of aryl methyl sites for hydroxylation is 1. The third-order valence-corrected chi connectivity index (χ3v) is 5.35. The number of carbonyl (C=O) groups excluding carboxylic acids is 1. The number of hydrogen-bond donors (Lipinski definition) is 0. The van der Waals surface area contributed by atoms with E-state index in [1.165, 1.54) is 32.9 Å². The van der Waals surface area contributed by atoms with E-state index in [0.717, 1.165) is 12.8 Å². The Bertz CT molecular complexity index is 934. The van der Waals surface area contributed by atoms with Crippen LogP contribution >= 0.6 is 11.3 Å². The highest BCUT2D eigenvalue weighted by atomic mass is 32.1. The number of nitrogens with zero attached hydrogens (tertiary/aromatic N) is 4. The molecule has 6 nitrogen and oxygen atoms in total. The molecule has 2 aromatic heterocycles. The first-order chi connectivity index (χ1) is 13.0. The van der Waals surface area contributed by atoms with E-state index in [0.29, 0.717) is 22.2 Å². The Labute approximate surface area is 160 Å². The van der Waals surface area contributed by atoms with E-state index in [-0.39, 0.29) is 11.5 Å². The van der Waals surface area contributed by atoms with Crippen molar-refractivity contribution in [2.24, 2.45) is 13.0 Å². The maximum absolute atomic E-state index is 14.2. The van der Waals surface area contributed by atoms with Crippen molar-refractivity contribution < 1.29 is 9.18 Å². The Morgan fingerprint density at radius 3 is 2.81 bits per heavy atom. The number of halogens is 1. The summed E-state index contributed by atoms with van der Waals surface area (Å²) in [4.78, 5) is 26.3. The molecular formula is C19H21FN4O2S. The van der Waals surface area contributed by atoms with Gasteiger partial charge in [-0.05, 0) is 18.6 Å². The average molecular weight is 388 g/mol. The number of hydrogen-bond acceptors (Lipinski definition) is 5. The van der Waals surface area contributed by atoms with Crippen LogP contribution < -0.4 is 10.5 Å².